The molecule has 152 valence electrons. The minimum Gasteiger partial charge on any atom is -0.350 e. The highest BCUT2D eigenvalue weighted by Crippen LogP contribution is 2.21. The lowest BCUT2D eigenvalue weighted by Gasteiger charge is -2.26. The van der Waals surface area contributed by atoms with E-state index in [0.717, 1.165) is 35.9 Å². The number of aromatic nitrogens is 3. The predicted molar refractivity (Wildman–Crippen MR) is 108 cm³/mol. The first-order valence-electron chi connectivity index (χ1n) is 9.68. The molecule has 0 aliphatic carbocycles. The molecule has 4 rings (SSSR count). The van der Waals surface area contributed by atoms with Crippen molar-refractivity contribution in [2.24, 2.45) is 0 Å². The maximum absolute atomic E-state index is 12.8. The molecule has 1 aromatic heterocycles. The maximum Gasteiger partial charge on any atom is 0.243 e. The van der Waals surface area contributed by atoms with Gasteiger partial charge in [0.05, 0.1) is 10.4 Å². The van der Waals surface area contributed by atoms with E-state index in [1.165, 1.54) is 0 Å². The van der Waals surface area contributed by atoms with Crippen molar-refractivity contribution in [3.05, 3.63) is 54.1 Å². The van der Waals surface area contributed by atoms with Crippen LogP contribution in [0.15, 0.2) is 53.4 Å². The summed E-state index contributed by atoms with van der Waals surface area (Å²) < 4.78 is 28.8. The maximum atomic E-state index is 12.8. The van der Waals surface area contributed by atoms with Crippen LogP contribution in [0, 0.1) is 0 Å². The topological polar surface area (TPSA) is 97.2 Å². The van der Waals surface area contributed by atoms with Crippen LogP contribution in [-0.2, 0) is 27.9 Å². The summed E-state index contributed by atoms with van der Waals surface area (Å²) in [5.41, 5.74) is 2.26. The third-order valence-electron chi connectivity index (χ3n) is 5.05. The molecule has 1 aliphatic rings. The molecule has 2 heterocycles. The zero-order valence-electron chi connectivity index (χ0n) is 16.0. The van der Waals surface area contributed by atoms with E-state index in [2.05, 4.69) is 15.6 Å². The molecular formula is C20H23N5O3S. The van der Waals surface area contributed by atoms with Gasteiger partial charge in [-0.05, 0) is 42.7 Å². The molecule has 9 heteroatoms. The minimum atomic E-state index is -3.49. The predicted octanol–water partition coefficient (Wildman–Crippen LogP) is 1.92. The molecule has 0 unspecified atom stereocenters. The standard InChI is InChI=1S/C20H23N5O3S/c26-20(15-25-19-10-3-2-9-18(19)22-23-25)21-14-16-7-6-8-17(13-16)29(27,28)24-11-4-1-5-12-24/h2-3,6-10,13H,1,4-5,11-12,14-15H2,(H,21,26). The van der Waals surface area contributed by atoms with Gasteiger partial charge < -0.3 is 5.32 Å². The molecule has 0 saturated carbocycles. The first-order valence-corrected chi connectivity index (χ1v) is 11.1. The largest absolute Gasteiger partial charge is 0.350 e. The van der Waals surface area contributed by atoms with Gasteiger partial charge in [0.15, 0.2) is 0 Å². The summed E-state index contributed by atoms with van der Waals surface area (Å²) in [5, 5.41) is 10.9. The third-order valence-corrected chi connectivity index (χ3v) is 6.95. The van der Waals surface area contributed by atoms with Crippen LogP contribution in [0.1, 0.15) is 24.8 Å². The Kier molecular flexibility index (Phi) is 5.59. The van der Waals surface area contributed by atoms with E-state index in [9.17, 15) is 13.2 Å². The fraction of sp³-hybridized carbons (Fsp3) is 0.350. The van der Waals surface area contributed by atoms with Crippen LogP contribution >= 0.6 is 0 Å². The van der Waals surface area contributed by atoms with Crippen LogP contribution in [0.3, 0.4) is 0 Å². The fourth-order valence-electron chi connectivity index (χ4n) is 3.50. The lowest BCUT2D eigenvalue weighted by molar-refractivity contribution is -0.121. The summed E-state index contributed by atoms with van der Waals surface area (Å²) in [6.07, 6.45) is 2.86. The smallest absolute Gasteiger partial charge is 0.243 e. The van der Waals surface area contributed by atoms with Crippen molar-refractivity contribution in [3.8, 4) is 0 Å². The van der Waals surface area contributed by atoms with Crippen molar-refractivity contribution in [1.29, 1.82) is 0 Å². The normalized spacial score (nSPS) is 15.4. The van der Waals surface area contributed by atoms with Crippen molar-refractivity contribution >= 4 is 27.0 Å². The molecule has 1 fully saturated rings. The summed E-state index contributed by atoms with van der Waals surface area (Å²) in [7, 11) is -3.49. The van der Waals surface area contributed by atoms with Crippen LogP contribution in [0.2, 0.25) is 0 Å². The molecule has 29 heavy (non-hydrogen) atoms. The molecule has 0 atom stereocenters. The van der Waals surface area contributed by atoms with Crippen molar-refractivity contribution in [2.45, 2.75) is 37.2 Å². The van der Waals surface area contributed by atoms with Crippen molar-refractivity contribution < 1.29 is 13.2 Å². The molecule has 0 bridgehead atoms. The van der Waals surface area contributed by atoms with Crippen LogP contribution in [-0.4, -0.2) is 46.7 Å². The van der Waals surface area contributed by atoms with E-state index >= 15 is 0 Å². The summed E-state index contributed by atoms with van der Waals surface area (Å²) in [6.45, 7) is 1.42. The molecule has 8 nitrogen and oxygen atoms in total. The SMILES string of the molecule is O=C(Cn1nnc2ccccc21)NCc1cccc(S(=O)(=O)N2CCCCC2)c1. The van der Waals surface area contributed by atoms with E-state index in [4.69, 9.17) is 0 Å². The van der Waals surface area contributed by atoms with Crippen LogP contribution < -0.4 is 5.32 Å². The number of para-hydroxylation sites is 1. The number of amides is 1. The fourth-order valence-corrected chi connectivity index (χ4v) is 5.08. The molecule has 1 amide bonds. The van der Waals surface area contributed by atoms with Gasteiger partial charge in [0.1, 0.15) is 12.1 Å². The number of hydrogen-bond donors (Lipinski definition) is 1. The van der Waals surface area contributed by atoms with Crippen LogP contribution in [0.25, 0.3) is 11.0 Å². The minimum absolute atomic E-state index is 0.0479. The summed E-state index contributed by atoms with van der Waals surface area (Å²) >= 11 is 0. The van der Waals surface area contributed by atoms with Crippen LogP contribution in [0.5, 0.6) is 0 Å². The first kappa shape index (κ1) is 19.5. The van der Waals surface area contributed by atoms with Gasteiger partial charge in [-0.25, -0.2) is 13.1 Å². The number of piperidine rings is 1. The number of nitrogens with zero attached hydrogens (tertiary/aromatic N) is 4. The van der Waals surface area contributed by atoms with E-state index in [0.29, 0.717) is 13.1 Å². The molecule has 1 saturated heterocycles. The Morgan fingerprint density at radius 2 is 1.83 bits per heavy atom. The number of rotatable bonds is 6. The first-order chi connectivity index (χ1) is 14.0. The molecule has 1 N–H and O–H groups in total. The third kappa shape index (κ3) is 4.30. The lowest BCUT2D eigenvalue weighted by atomic mass is 10.2. The molecule has 1 aliphatic heterocycles. The zero-order valence-corrected chi connectivity index (χ0v) is 16.8. The van der Waals surface area contributed by atoms with Gasteiger partial charge in [-0.1, -0.05) is 35.9 Å². The second-order valence-electron chi connectivity index (χ2n) is 7.12. The lowest BCUT2D eigenvalue weighted by Crippen LogP contribution is -2.35. The Morgan fingerprint density at radius 1 is 1.03 bits per heavy atom. The van der Waals surface area contributed by atoms with E-state index in [1.807, 2.05) is 24.3 Å². The van der Waals surface area contributed by atoms with E-state index < -0.39 is 10.0 Å². The average Bonchev–Trinajstić information content (AvgIpc) is 3.16. The average molecular weight is 414 g/mol. The zero-order chi connectivity index (χ0) is 20.3. The molecule has 3 aromatic rings. The summed E-state index contributed by atoms with van der Waals surface area (Å²) in [4.78, 5) is 12.6. The Balaban J connectivity index is 1.41. The Labute approximate surface area is 169 Å². The molecular weight excluding hydrogens is 390 g/mol. The number of nitrogens with one attached hydrogen (secondary N) is 1. The van der Waals surface area contributed by atoms with Gasteiger partial charge >= 0.3 is 0 Å². The highest BCUT2D eigenvalue weighted by molar-refractivity contribution is 7.89. The second-order valence-corrected chi connectivity index (χ2v) is 9.06. The quantitative estimate of drug-likeness (QED) is 0.666. The Bertz CT molecular complexity index is 1120. The Morgan fingerprint density at radius 3 is 2.66 bits per heavy atom. The van der Waals surface area contributed by atoms with Gasteiger partial charge in [-0.3, -0.25) is 4.79 Å². The van der Waals surface area contributed by atoms with Crippen molar-refractivity contribution in [1.82, 2.24) is 24.6 Å². The molecule has 0 spiro atoms. The number of sulfonamides is 1. The molecule has 0 radical (unpaired) electrons. The molecule has 2 aromatic carbocycles. The summed E-state index contributed by atoms with van der Waals surface area (Å²) in [6, 6.07) is 14.2. The highest BCUT2D eigenvalue weighted by Gasteiger charge is 2.25. The van der Waals surface area contributed by atoms with Gasteiger partial charge in [-0.15, -0.1) is 5.10 Å². The van der Waals surface area contributed by atoms with Gasteiger partial charge in [0.2, 0.25) is 15.9 Å². The van der Waals surface area contributed by atoms with Crippen LogP contribution in [0.4, 0.5) is 0 Å². The number of carbonyl (C=O) groups excluding carboxylic acids is 1. The van der Waals surface area contributed by atoms with Crippen molar-refractivity contribution in [3.63, 3.8) is 0 Å². The number of carbonyl (C=O) groups is 1. The van der Waals surface area contributed by atoms with Gasteiger partial charge in [0, 0.05) is 19.6 Å². The Hall–Kier alpha value is -2.78. The second kappa shape index (κ2) is 8.30. The van der Waals surface area contributed by atoms with Gasteiger partial charge in [-0.2, -0.15) is 4.31 Å². The number of fused-ring (bicyclic) bond motifs is 1. The van der Waals surface area contributed by atoms with E-state index in [-0.39, 0.29) is 23.9 Å². The highest BCUT2D eigenvalue weighted by atomic mass is 32.2. The van der Waals surface area contributed by atoms with E-state index in [1.54, 1.807) is 33.3 Å². The van der Waals surface area contributed by atoms with Crippen molar-refractivity contribution in [2.75, 3.05) is 13.1 Å². The monoisotopic (exact) mass is 413 g/mol. The van der Waals surface area contributed by atoms with Gasteiger partial charge in [0.25, 0.3) is 0 Å². The number of benzene rings is 2. The summed E-state index contributed by atoms with van der Waals surface area (Å²) in [5.74, 6) is -0.218. The number of hydrogen-bond acceptors (Lipinski definition) is 5.